The molecular weight excluding hydrogens is 352 g/mol. The van der Waals surface area contributed by atoms with Crippen LogP contribution in [0.5, 0.6) is 0 Å². The van der Waals surface area contributed by atoms with Gasteiger partial charge < -0.3 is 10.1 Å². The molecule has 4 rings (SSSR count). The van der Waals surface area contributed by atoms with E-state index in [9.17, 15) is 4.79 Å². The van der Waals surface area contributed by atoms with Crippen LogP contribution in [0, 0.1) is 13.8 Å². The Hall–Kier alpha value is -2.99. The van der Waals surface area contributed by atoms with E-state index in [0.717, 1.165) is 52.4 Å². The number of carbonyl (C=O) groups is 1. The van der Waals surface area contributed by atoms with Crippen LogP contribution in [-0.4, -0.2) is 28.8 Å². The standard InChI is InChI=1S/C22H24N4O2/c1-14-9-15(2)11-16(10-14)18-12-17-13-23-7-6-19(17)24-21(18)26-22(27)25-20-5-3-4-8-28-20/h6-7,9-13,20H,3-5,8H2,1-2H3,(H2,24,25,26,27). The third kappa shape index (κ3) is 4.12. The number of amides is 2. The van der Waals surface area contributed by atoms with Gasteiger partial charge in [0.05, 0.1) is 5.52 Å². The fourth-order valence-corrected chi connectivity index (χ4v) is 3.61. The van der Waals surface area contributed by atoms with E-state index in [4.69, 9.17) is 9.72 Å². The van der Waals surface area contributed by atoms with Crippen molar-refractivity contribution < 1.29 is 9.53 Å². The van der Waals surface area contributed by atoms with Gasteiger partial charge in [-0.15, -0.1) is 0 Å². The number of fused-ring (bicyclic) bond motifs is 1. The largest absolute Gasteiger partial charge is 0.358 e. The fourth-order valence-electron chi connectivity index (χ4n) is 3.61. The molecule has 2 aromatic heterocycles. The Balaban J connectivity index is 1.69. The highest BCUT2D eigenvalue weighted by Gasteiger charge is 2.18. The quantitative estimate of drug-likeness (QED) is 0.702. The van der Waals surface area contributed by atoms with Crippen LogP contribution < -0.4 is 10.6 Å². The van der Waals surface area contributed by atoms with Gasteiger partial charge in [0, 0.05) is 30.0 Å². The molecule has 0 radical (unpaired) electrons. The number of ether oxygens (including phenoxy) is 1. The second-order valence-electron chi connectivity index (χ2n) is 7.28. The van der Waals surface area contributed by atoms with E-state index in [1.54, 1.807) is 12.4 Å². The molecule has 0 spiro atoms. The van der Waals surface area contributed by atoms with Crippen molar-refractivity contribution in [2.45, 2.75) is 39.3 Å². The van der Waals surface area contributed by atoms with E-state index in [-0.39, 0.29) is 12.3 Å². The molecule has 1 atom stereocenters. The predicted octanol–water partition coefficient (Wildman–Crippen LogP) is 4.56. The molecule has 1 unspecified atom stereocenters. The molecule has 0 saturated carbocycles. The van der Waals surface area contributed by atoms with Crippen LogP contribution in [0.15, 0.2) is 42.7 Å². The summed E-state index contributed by atoms with van der Waals surface area (Å²) in [6.07, 6.45) is 6.16. The highest BCUT2D eigenvalue weighted by atomic mass is 16.5. The number of hydrogen-bond donors (Lipinski definition) is 2. The van der Waals surface area contributed by atoms with Crippen LogP contribution in [-0.2, 0) is 4.74 Å². The lowest BCUT2D eigenvalue weighted by Crippen LogP contribution is -2.41. The van der Waals surface area contributed by atoms with Crippen molar-refractivity contribution in [3.63, 3.8) is 0 Å². The molecule has 1 aromatic carbocycles. The minimum absolute atomic E-state index is 0.247. The van der Waals surface area contributed by atoms with Crippen molar-refractivity contribution >= 4 is 22.8 Å². The summed E-state index contributed by atoms with van der Waals surface area (Å²) in [7, 11) is 0. The van der Waals surface area contributed by atoms with Gasteiger partial charge in [-0.3, -0.25) is 10.3 Å². The lowest BCUT2D eigenvalue weighted by Gasteiger charge is -2.23. The minimum Gasteiger partial charge on any atom is -0.358 e. The minimum atomic E-state index is -0.307. The number of rotatable bonds is 3. The van der Waals surface area contributed by atoms with E-state index in [2.05, 4.69) is 47.7 Å². The zero-order valence-corrected chi connectivity index (χ0v) is 16.2. The van der Waals surface area contributed by atoms with Crippen molar-refractivity contribution in [2.24, 2.45) is 0 Å². The summed E-state index contributed by atoms with van der Waals surface area (Å²) in [5.41, 5.74) is 4.99. The molecular formula is C22H24N4O2. The van der Waals surface area contributed by atoms with Gasteiger partial charge in [-0.1, -0.05) is 29.3 Å². The van der Waals surface area contributed by atoms with Gasteiger partial charge in [-0.05, 0) is 50.8 Å². The Bertz CT molecular complexity index is 992. The summed E-state index contributed by atoms with van der Waals surface area (Å²) in [5, 5.41) is 6.75. The molecule has 6 nitrogen and oxygen atoms in total. The fraction of sp³-hybridized carbons (Fsp3) is 0.318. The molecule has 0 aliphatic carbocycles. The van der Waals surface area contributed by atoms with Gasteiger partial charge in [-0.25, -0.2) is 9.78 Å². The summed E-state index contributed by atoms with van der Waals surface area (Å²) in [6.45, 7) is 4.81. The molecule has 3 heterocycles. The summed E-state index contributed by atoms with van der Waals surface area (Å²) < 4.78 is 5.60. The van der Waals surface area contributed by atoms with Gasteiger partial charge in [0.2, 0.25) is 0 Å². The molecule has 1 saturated heterocycles. The number of urea groups is 1. The van der Waals surface area contributed by atoms with Crippen molar-refractivity contribution in [3.8, 4) is 11.1 Å². The van der Waals surface area contributed by atoms with Crippen molar-refractivity contribution in [3.05, 3.63) is 53.9 Å². The third-order valence-electron chi connectivity index (χ3n) is 4.85. The average Bonchev–Trinajstić information content (AvgIpc) is 2.67. The van der Waals surface area contributed by atoms with Crippen molar-refractivity contribution in [1.29, 1.82) is 0 Å². The first-order valence-corrected chi connectivity index (χ1v) is 9.61. The summed E-state index contributed by atoms with van der Waals surface area (Å²) in [4.78, 5) is 21.5. The molecule has 28 heavy (non-hydrogen) atoms. The monoisotopic (exact) mass is 376 g/mol. The molecule has 2 N–H and O–H groups in total. The Kier molecular flexibility index (Phi) is 5.21. The number of nitrogens with zero attached hydrogens (tertiary/aromatic N) is 2. The van der Waals surface area contributed by atoms with Crippen LogP contribution in [0.2, 0.25) is 0 Å². The summed E-state index contributed by atoms with van der Waals surface area (Å²) >= 11 is 0. The maximum atomic E-state index is 12.6. The number of carbonyl (C=O) groups excluding carboxylic acids is 1. The first-order valence-electron chi connectivity index (χ1n) is 9.61. The number of nitrogens with one attached hydrogen (secondary N) is 2. The molecule has 1 fully saturated rings. The van der Waals surface area contributed by atoms with Crippen molar-refractivity contribution in [1.82, 2.24) is 15.3 Å². The number of benzene rings is 1. The SMILES string of the molecule is Cc1cc(C)cc(-c2cc3cnccc3nc2NC(=O)NC2CCCCO2)c1. The molecule has 144 valence electrons. The van der Waals surface area contributed by atoms with Gasteiger partial charge in [0.1, 0.15) is 12.0 Å². The molecule has 6 heteroatoms. The number of hydrogen-bond acceptors (Lipinski definition) is 4. The topological polar surface area (TPSA) is 76.1 Å². The lowest BCUT2D eigenvalue weighted by molar-refractivity contribution is 0.00342. The first-order chi connectivity index (χ1) is 13.6. The van der Waals surface area contributed by atoms with E-state index < -0.39 is 0 Å². The highest BCUT2D eigenvalue weighted by Crippen LogP contribution is 2.31. The van der Waals surface area contributed by atoms with Crippen LogP contribution in [0.1, 0.15) is 30.4 Å². The first kappa shape index (κ1) is 18.4. The molecule has 3 aromatic rings. The van der Waals surface area contributed by atoms with Gasteiger partial charge in [0.25, 0.3) is 0 Å². The number of pyridine rings is 2. The highest BCUT2D eigenvalue weighted by molar-refractivity contribution is 5.97. The van der Waals surface area contributed by atoms with Gasteiger partial charge >= 0.3 is 6.03 Å². The predicted molar refractivity (Wildman–Crippen MR) is 110 cm³/mol. The van der Waals surface area contributed by atoms with Crippen LogP contribution >= 0.6 is 0 Å². The Morgan fingerprint density at radius 3 is 2.71 bits per heavy atom. The molecule has 2 amide bonds. The van der Waals surface area contributed by atoms with Gasteiger partial charge in [0.15, 0.2) is 0 Å². The maximum Gasteiger partial charge on any atom is 0.322 e. The number of aromatic nitrogens is 2. The Morgan fingerprint density at radius 1 is 1.14 bits per heavy atom. The number of anilines is 1. The van der Waals surface area contributed by atoms with Gasteiger partial charge in [-0.2, -0.15) is 0 Å². The summed E-state index contributed by atoms with van der Waals surface area (Å²) in [5.74, 6) is 0.525. The normalized spacial score (nSPS) is 16.7. The smallest absolute Gasteiger partial charge is 0.322 e. The molecule has 1 aliphatic heterocycles. The average molecular weight is 376 g/mol. The van der Waals surface area contributed by atoms with Crippen LogP contribution in [0.4, 0.5) is 10.6 Å². The second-order valence-corrected chi connectivity index (χ2v) is 7.28. The second kappa shape index (κ2) is 7.94. The molecule has 0 bridgehead atoms. The van der Waals surface area contributed by atoms with E-state index in [0.29, 0.717) is 12.4 Å². The molecule has 1 aliphatic rings. The van der Waals surface area contributed by atoms with E-state index >= 15 is 0 Å². The maximum absolute atomic E-state index is 12.6. The Morgan fingerprint density at radius 2 is 1.96 bits per heavy atom. The zero-order valence-electron chi connectivity index (χ0n) is 16.2. The number of aryl methyl sites for hydroxylation is 2. The zero-order chi connectivity index (χ0) is 19.5. The van der Waals surface area contributed by atoms with E-state index in [1.807, 2.05) is 12.1 Å². The van der Waals surface area contributed by atoms with Crippen LogP contribution in [0.3, 0.4) is 0 Å². The Labute approximate surface area is 164 Å². The van der Waals surface area contributed by atoms with E-state index in [1.165, 1.54) is 0 Å². The lowest BCUT2D eigenvalue weighted by atomic mass is 10.00. The summed E-state index contributed by atoms with van der Waals surface area (Å²) in [6, 6.07) is 9.88. The third-order valence-corrected chi connectivity index (χ3v) is 4.85. The van der Waals surface area contributed by atoms with Crippen LogP contribution in [0.25, 0.3) is 22.0 Å². The van der Waals surface area contributed by atoms with Crippen molar-refractivity contribution in [2.75, 3.05) is 11.9 Å².